The van der Waals surface area contributed by atoms with Gasteiger partial charge in [0.2, 0.25) is 0 Å². The van der Waals surface area contributed by atoms with Gasteiger partial charge in [0.05, 0.1) is 7.11 Å². The maximum Gasteiger partial charge on any atom is 0.162 e. The SMILES string of the molecule is COc1ccccc1OC(CN)c1cccc(Cl)c1. The molecule has 2 N–H and O–H groups in total. The number of benzene rings is 2. The van der Waals surface area contributed by atoms with E-state index in [0.717, 1.165) is 5.56 Å². The Bertz CT molecular complexity index is 545. The van der Waals surface area contributed by atoms with E-state index in [1.54, 1.807) is 7.11 Å². The van der Waals surface area contributed by atoms with Crippen LogP contribution in [0.5, 0.6) is 11.5 Å². The van der Waals surface area contributed by atoms with Crippen molar-refractivity contribution < 1.29 is 9.47 Å². The van der Waals surface area contributed by atoms with Gasteiger partial charge in [-0.3, -0.25) is 0 Å². The van der Waals surface area contributed by atoms with Crippen LogP contribution < -0.4 is 15.2 Å². The third kappa shape index (κ3) is 3.40. The van der Waals surface area contributed by atoms with Gasteiger partial charge in [0, 0.05) is 11.6 Å². The molecule has 4 heteroatoms. The first-order valence-corrected chi connectivity index (χ1v) is 6.37. The second kappa shape index (κ2) is 6.45. The number of methoxy groups -OCH3 is 1. The van der Waals surface area contributed by atoms with Crippen molar-refractivity contribution >= 4 is 11.6 Å². The van der Waals surface area contributed by atoms with Gasteiger partial charge in [0.15, 0.2) is 11.5 Å². The first kappa shape index (κ1) is 13.7. The van der Waals surface area contributed by atoms with Gasteiger partial charge in [0.1, 0.15) is 6.10 Å². The predicted octanol–water partition coefficient (Wildman–Crippen LogP) is 3.43. The number of nitrogens with two attached hydrogens (primary N) is 1. The van der Waals surface area contributed by atoms with Crippen LogP contribution in [0, 0.1) is 0 Å². The Morgan fingerprint density at radius 2 is 1.84 bits per heavy atom. The molecule has 0 saturated heterocycles. The zero-order valence-corrected chi connectivity index (χ0v) is 11.4. The van der Waals surface area contributed by atoms with E-state index in [2.05, 4.69) is 0 Å². The minimum absolute atomic E-state index is 0.255. The zero-order chi connectivity index (χ0) is 13.7. The third-order valence-electron chi connectivity index (χ3n) is 2.77. The van der Waals surface area contributed by atoms with Crippen molar-refractivity contribution in [2.24, 2.45) is 5.73 Å². The molecule has 0 saturated carbocycles. The normalized spacial score (nSPS) is 11.9. The molecule has 100 valence electrons. The molecule has 0 aliphatic heterocycles. The van der Waals surface area contributed by atoms with Crippen molar-refractivity contribution in [1.82, 2.24) is 0 Å². The summed E-state index contributed by atoms with van der Waals surface area (Å²) in [5, 5.41) is 0.666. The van der Waals surface area contributed by atoms with E-state index < -0.39 is 0 Å². The van der Waals surface area contributed by atoms with Crippen molar-refractivity contribution in [2.75, 3.05) is 13.7 Å². The van der Waals surface area contributed by atoms with Crippen LogP contribution >= 0.6 is 11.6 Å². The van der Waals surface area contributed by atoms with Gasteiger partial charge in [-0.2, -0.15) is 0 Å². The Hall–Kier alpha value is -1.71. The van der Waals surface area contributed by atoms with E-state index in [4.69, 9.17) is 26.8 Å². The molecule has 0 heterocycles. The molecule has 1 atom stereocenters. The largest absolute Gasteiger partial charge is 0.493 e. The fourth-order valence-electron chi connectivity index (χ4n) is 1.83. The molecular formula is C15H16ClNO2. The summed E-state index contributed by atoms with van der Waals surface area (Å²) in [5.74, 6) is 1.35. The van der Waals surface area contributed by atoms with E-state index in [1.807, 2.05) is 48.5 Å². The standard InChI is InChI=1S/C15H16ClNO2/c1-18-13-7-2-3-8-14(13)19-15(10-17)11-5-4-6-12(16)9-11/h2-9,15H,10,17H2,1H3. The molecule has 0 bridgehead atoms. The smallest absolute Gasteiger partial charge is 0.162 e. The monoisotopic (exact) mass is 277 g/mol. The second-order valence-corrected chi connectivity index (χ2v) is 4.48. The topological polar surface area (TPSA) is 44.5 Å². The minimum Gasteiger partial charge on any atom is -0.493 e. The number of halogens is 1. The second-order valence-electron chi connectivity index (χ2n) is 4.05. The Morgan fingerprint density at radius 3 is 2.47 bits per heavy atom. The lowest BCUT2D eigenvalue weighted by Crippen LogP contribution is -2.18. The Balaban J connectivity index is 2.24. The lowest BCUT2D eigenvalue weighted by atomic mass is 10.1. The average molecular weight is 278 g/mol. The summed E-state index contributed by atoms with van der Waals surface area (Å²) >= 11 is 5.99. The van der Waals surface area contributed by atoms with Crippen molar-refractivity contribution in [1.29, 1.82) is 0 Å². The first-order chi connectivity index (χ1) is 9.24. The van der Waals surface area contributed by atoms with E-state index in [-0.39, 0.29) is 6.10 Å². The summed E-state index contributed by atoms with van der Waals surface area (Å²) in [6.07, 6.45) is -0.255. The third-order valence-corrected chi connectivity index (χ3v) is 3.01. The van der Waals surface area contributed by atoms with Crippen LogP contribution in [0.4, 0.5) is 0 Å². The first-order valence-electron chi connectivity index (χ1n) is 6.00. The lowest BCUT2D eigenvalue weighted by molar-refractivity contribution is 0.204. The van der Waals surface area contributed by atoms with E-state index in [1.165, 1.54) is 0 Å². The average Bonchev–Trinajstić information content (AvgIpc) is 2.45. The lowest BCUT2D eigenvalue weighted by Gasteiger charge is -2.19. The zero-order valence-electron chi connectivity index (χ0n) is 10.7. The molecule has 0 aromatic heterocycles. The minimum atomic E-state index is -0.255. The fourth-order valence-corrected chi connectivity index (χ4v) is 2.03. The van der Waals surface area contributed by atoms with Crippen LogP contribution in [0.3, 0.4) is 0 Å². The van der Waals surface area contributed by atoms with E-state index in [0.29, 0.717) is 23.1 Å². The highest BCUT2D eigenvalue weighted by Gasteiger charge is 2.14. The fraction of sp³-hybridized carbons (Fsp3) is 0.200. The highest BCUT2D eigenvalue weighted by Crippen LogP contribution is 2.30. The van der Waals surface area contributed by atoms with Gasteiger partial charge in [-0.05, 0) is 29.8 Å². The summed E-state index contributed by atoms with van der Waals surface area (Å²) in [4.78, 5) is 0. The summed E-state index contributed by atoms with van der Waals surface area (Å²) < 4.78 is 11.2. The maximum atomic E-state index is 5.99. The molecule has 0 fully saturated rings. The molecule has 0 spiro atoms. The van der Waals surface area contributed by atoms with Crippen LogP contribution in [-0.4, -0.2) is 13.7 Å². The number of hydrogen-bond acceptors (Lipinski definition) is 3. The molecule has 2 rings (SSSR count). The Morgan fingerprint density at radius 1 is 1.11 bits per heavy atom. The Labute approximate surface area is 117 Å². The molecule has 1 unspecified atom stereocenters. The molecule has 3 nitrogen and oxygen atoms in total. The van der Waals surface area contributed by atoms with Crippen molar-refractivity contribution in [2.45, 2.75) is 6.10 Å². The molecule has 19 heavy (non-hydrogen) atoms. The predicted molar refractivity (Wildman–Crippen MR) is 76.9 cm³/mol. The van der Waals surface area contributed by atoms with Crippen LogP contribution in [-0.2, 0) is 0 Å². The molecular weight excluding hydrogens is 262 g/mol. The van der Waals surface area contributed by atoms with Crippen LogP contribution in [0.25, 0.3) is 0 Å². The van der Waals surface area contributed by atoms with Gasteiger partial charge in [-0.1, -0.05) is 35.9 Å². The number of para-hydroxylation sites is 2. The van der Waals surface area contributed by atoms with Crippen molar-refractivity contribution in [3.63, 3.8) is 0 Å². The number of hydrogen-bond donors (Lipinski definition) is 1. The molecule has 0 aliphatic rings. The maximum absolute atomic E-state index is 5.99. The molecule has 0 amide bonds. The summed E-state index contributed by atoms with van der Waals surface area (Å²) in [5.41, 5.74) is 6.73. The summed E-state index contributed by atoms with van der Waals surface area (Å²) in [6.45, 7) is 0.360. The quantitative estimate of drug-likeness (QED) is 0.911. The Kier molecular flexibility index (Phi) is 4.66. The van der Waals surface area contributed by atoms with E-state index in [9.17, 15) is 0 Å². The molecule has 2 aromatic carbocycles. The molecule has 2 aromatic rings. The number of ether oxygens (including phenoxy) is 2. The summed E-state index contributed by atoms with van der Waals surface area (Å²) in [7, 11) is 1.61. The number of rotatable bonds is 5. The summed E-state index contributed by atoms with van der Waals surface area (Å²) in [6, 6.07) is 15.0. The van der Waals surface area contributed by atoms with Gasteiger partial charge >= 0.3 is 0 Å². The molecule has 0 radical (unpaired) electrons. The van der Waals surface area contributed by atoms with Crippen molar-refractivity contribution in [3.8, 4) is 11.5 Å². The van der Waals surface area contributed by atoms with E-state index >= 15 is 0 Å². The van der Waals surface area contributed by atoms with Gasteiger partial charge in [-0.15, -0.1) is 0 Å². The van der Waals surface area contributed by atoms with Crippen molar-refractivity contribution in [3.05, 3.63) is 59.1 Å². The van der Waals surface area contributed by atoms with Gasteiger partial charge in [-0.25, -0.2) is 0 Å². The molecule has 0 aliphatic carbocycles. The van der Waals surface area contributed by atoms with Crippen LogP contribution in [0.1, 0.15) is 11.7 Å². The van der Waals surface area contributed by atoms with Gasteiger partial charge in [0.25, 0.3) is 0 Å². The van der Waals surface area contributed by atoms with Crippen LogP contribution in [0.2, 0.25) is 5.02 Å². The van der Waals surface area contributed by atoms with Crippen LogP contribution in [0.15, 0.2) is 48.5 Å². The highest BCUT2D eigenvalue weighted by molar-refractivity contribution is 6.30. The van der Waals surface area contributed by atoms with Gasteiger partial charge < -0.3 is 15.2 Å². The highest BCUT2D eigenvalue weighted by atomic mass is 35.5.